The van der Waals surface area contributed by atoms with Gasteiger partial charge in [0.15, 0.2) is 11.5 Å². The average molecular weight is 447 g/mol. The normalized spacial score (nSPS) is 19.1. The zero-order valence-electron chi connectivity index (χ0n) is 17.8. The number of benzene rings is 2. The Kier molecular flexibility index (Phi) is 5.26. The van der Waals surface area contributed by atoms with E-state index in [-0.39, 0.29) is 17.9 Å². The van der Waals surface area contributed by atoms with Crippen molar-refractivity contribution < 1.29 is 33.3 Å². The lowest BCUT2D eigenvalue weighted by atomic mass is 9.95. The van der Waals surface area contributed by atoms with Crippen LogP contribution in [0.1, 0.15) is 22.9 Å². The van der Waals surface area contributed by atoms with Crippen molar-refractivity contribution in [3.05, 3.63) is 83.3 Å². The third-order valence-corrected chi connectivity index (χ3v) is 5.69. The number of methoxy groups -OCH3 is 1. The van der Waals surface area contributed by atoms with Crippen molar-refractivity contribution in [1.29, 1.82) is 0 Å². The molecular weight excluding hydrogens is 426 g/mol. The second-order valence-corrected chi connectivity index (χ2v) is 7.64. The van der Waals surface area contributed by atoms with Crippen LogP contribution in [0.4, 0.5) is 0 Å². The number of rotatable bonds is 5. The first kappa shape index (κ1) is 20.7. The summed E-state index contributed by atoms with van der Waals surface area (Å²) in [5.74, 6) is 0.413. The summed E-state index contributed by atoms with van der Waals surface area (Å²) in [7, 11) is 1.56. The molecule has 2 aromatic carbocycles. The molecule has 2 aliphatic rings. The zero-order valence-corrected chi connectivity index (χ0v) is 17.8. The average Bonchev–Trinajstić information content (AvgIpc) is 3.46. The Balaban J connectivity index is 1.62. The van der Waals surface area contributed by atoms with E-state index in [9.17, 15) is 14.7 Å². The predicted molar refractivity (Wildman–Crippen MR) is 117 cm³/mol. The van der Waals surface area contributed by atoms with Gasteiger partial charge in [-0.3, -0.25) is 9.59 Å². The number of likely N-dealkylation sites (tertiary alicyclic amines) is 1. The summed E-state index contributed by atoms with van der Waals surface area (Å²) in [6.07, 6.45) is 1.50. The first-order valence-electron chi connectivity index (χ1n) is 10.4. The maximum Gasteiger partial charge on any atom is 0.296 e. The molecule has 1 N–H and O–H groups in total. The first-order chi connectivity index (χ1) is 16.1. The molecular formula is C25H21NO7. The highest BCUT2D eigenvalue weighted by atomic mass is 16.6. The van der Waals surface area contributed by atoms with Crippen molar-refractivity contribution in [2.75, 3.05) is 20.3 Å². The topological polar surface area (TPSA) is 98.4 Å². The van der Waals surface area contributed by atoms with E-state index in [1.54, 1.807) is 61.7 Å². The maximum atomic E-state index is 13.1. The van der Waals surface area contributed by atoms with Crippen molar-refractivity contribution in [2.45, 2.75) is 12.6 Å². The fraction of sp³-hybridized carbons (Fsp3) is 0.200. The summed E-state index contributed by atoms with van der Waals surface area (Å²) in [6, 6.07) is 14.6. The fourth-order valence-corrected chi connectivity index (χ4v) is 4.09. The van der Waals surface area contributed by atoms with Gasteiger partial charge in [-0.2, -0.15) is 0 Å². The van der Waals surface area contributed by atoms with Crippen LogP contribution in [0.3, 0.4) is 0 Å². The van der Waals surface area contributed by atoms with E-state index >= 15 is 0 Å². The molecule has 2 aliphatic heterocycles. The Labute approximate surface area is 189 Å². The molecule has 8 nitrogen and oxygen atoms in total. The minimum atomic E-state index is -0.811. The van der Waals surface area contributed by atoms with E-state index in [0.29, 0.717) is 47.3 Å². The van der Waals surface area contributed by atoms with Gasteiger partial charge in [-0.1, -0.05) is 12.1 Å². The van der Waals surface area contributed by atoms with Gasteiger partial charge in [0.2, 0.25) is 0 Å². The number of aliphatic hydroxyl groups excluding tert-OH is 1. The van der Waals surface area contributed by atoms with Gasteiger partial charge < -0.3 is 28.6 Å². The summed E-state index contributed by atoms with van der Waals surface area (Å²) in [5.41, 5.74) is 1.00. The van der Waals surface area contributed by atoms with Gasteiger partial charge in [0, 0.05) is 5.56 Å². The van der Waals surface area contributed by atoms with Gasteiger partial charge in [0.1, 0.15) is 30.5 Å². The van der Waals surface area contributed by atoms with Crippen LogP contribution >= 0.6 is 0 Å². The first-order valence-corrected chi connectivity index (χ1v) is 10.4. The van der Waals surface area contributed by atoms with Crippen LogP contribution < -0.4 is 14.2 Å². The van der Waals surface area contributed by atoms with Crippen LogP contribution in [-0.4, -0.2) is 42.0 Å². The maximum absolute atomic E-state index is 13.1. The molecule has 3 heterocycles. The predicted octanol–water partition coefficient (Wildman–Crippen LogP) is 3.68. The molecule has 1 amide bonds. The molecule has 0 unspecified atom stereocenters. The molecule has 0 aliphatic carbocycles. The van der Waals surface area contributed by atoms with E-state index in [2.05, 4.69) is 0 Å². The van der Waals surface area contributed by atoms with Crippen molar-refractivity contribution in [3.63, 3.8) is 0 Å². The lowest BCUT2D eigenvalue weighted by molar-refractivity contribution is -0.140. The molecule has 168 valence electrons. The number of nitrogens with zero attached hydrogens (tertiary/aromatic N) is 1. The van der Waals surface area contributed by atoms with Crippen LogP contribution in [0.5, 0.6) is 17.2 Å². The Bertz CT molecular complexity index is 1230. The van der Waals surface area contributed by atoms with Gasteiger partial charge in [0.25, 0.3) is 11.7 Å². The monoisotopic (exact) mass is 447 g/mol. The van der Waals surface area contributed by atoms with Gasteiger partial charge in [0.05, 0.1) is 31.5 Å². The highest BCUT2D eigenvalue weighted by Gasteiger charge is 2.46. The largest absolute Gasteiger partial charge is 0.507 e. The number of amides is 1. The zero-order chi connectivity index (χ0) is 22.9. The summed E-state index contributed by atoms with van der Waals surface area (Å²) < 4.78 is 21.8. The molecule has 0 bridgehead atoms. The molecule has 1 saturated heterocycles. The Morgan fingerprint density at radius 3 is 2.52 bits per heavy atom. The van der Waals surface area contributed by atoms with Gasteiger partial charge >= 0.3 is 0 Å². The number of furan rings is 1. The van der Waals surface area contributed by atoms with E-state index in [4.69, 9.17) is 18.6 Å². The third-order valence-electron chi connectivity index (χ3n) is 5.69. The molecule has 0 radical (unpaired) electrons. The van der Waals surface area contributed by atoms with E-state index in [1.165, 1.54) is 11.2 Å². The smallest absolute Gasteiger partial charge is 0.296 e. The molecule has 0 spiro atoms. The van der Waals surface area contributed by atoms with Crippen LogP contribution in [0, 0.1) is 0 Å². The third kappa shape index (κ3) is 3.69. The standard InChI is InChI=1S/C25H21NO7/c1-30-17-7-4-15(5-8-17)22-21(24(28)25(29)26(22)14-18-3-2-10-31-18)23(27)16-6-9-19-20(13-16)33-12-11-32-19/h2-10,13,22,27H,11-12,14H2,1H3/t22-/m0/s1. The number of carbonyl (C=O) groups excluding carboxylic acids is 2. The van der Waals surface area contributed by atoms with Crippen LogP contribution in [0.15, 0.2) is 70.9 Å². The number of aliphatic hydroxyl groups is 1. The number of fused-ring (bicyclic) bond motifs is 1. The van der Waals surface area contributed by atoms with E-state index in [0.717, 1.165) is 0 Å². The van der Waals surface area contributed by atoms with Crippen LogP contribution in [0.2, 0.25) is 0 Å². The Morgan fingerprint density at radius 2 is 1.82 bits per heavy atom. The summed E-state index contributed by atoms with van der Waals surface area (Å²) in [4.78, 5) is 27.6. The molecule has 0 saturated carbocycles. The molecule has 1 atom stereocenters. The van der Waals surface area contributed by atoms with Crippen molar-refractivity contribution in [3.8, 4) is 17.2 Å². The second kappa shape index (κ2) is 8.38. The SMILES string of the molecule is COc1ccc([C@H]2C(=C(O)c3ccc4c(c3)OCCO4)C(=O)C(=O)N2Cc2ccco2)cc1. The van der Waals surface area contributed by atoms with Gasteiger partial charge in [-0.25, -0.2) is 0 Å². The fourth-order valence-electron chi connectivity index (χ4n) is 4.09. The van der Waals surface area contributed by atoms with E-state index < -0.39 is 17.7 Å². The number of hydrogen-bond acceptors (Lipinski definition) is 7. The number of ketones is 1. The number of ether oxygens (including phenoxy) is 3. The molecule has 3 aromatic rings. The van der Waals surface area contributed by atoms with Crippen LogP contribution in [0.25, 0.3) is 5.76 Å². The van der Waals surface area contributed by atoms with Gasteiger partial charge in [-0.05, 0) is 48.0 Å². The van der Waals surface area contributed by atoms with E-state index in [1.807, 2.05) is 0 Å². The molecule has 1 aromatic heterocycles. The highest BCUT2D eigenvalue weighted by molar-refractivity contribution is 6.46. The number of hydrogen-bond donors (Lipinski definition) is 1. The lowest BCUT2D eigenvalue weighted by Gasteiger charge is -2.25. The minimum absolute atomic E-state index is 0.00611. The second-order valence-electron chi connectivity index (χ2n) is 7.64. The number of Topliss-reactive ketones (excluding diaryl/α,β-unsaturated/α-hetero) is 1. The Hall–Kier alpha value is -4.20. The summed E-state index contributed by atoms with van der Waals surface area (Å²) >= 11 is 0. The molecule has 1 fully saturated rings. The van der Waals surface area contributed by atoms with Crippen LogP contribution in [-0.2, 0) is 16.1 Å². The molecule has 33 heavy (non-hydrogen) atoms. The van der Waals surface area contributed by atoms with Gasteiger partial charge in [-0.15, -0.1) is 0 Å². The highest BCUT2D eigenvalue weighted by Crippen LogP contribution is 2.42. The minimum Gasteiger partial charge on any atom is -0.507 e. The molecule has 8 heteroatoms. The lowest BCUT2D eigenvalue weighted by Crippen LogP contribution is -2.29. The quantitative estimate of drug-likeness (QED) is 0.362. The Morgan fingerprint density at radius 1 is 1.06 bits per heavy atom. The summed E-state index contributed by atoms with van der Waals surface area (Å²) in [5, 5.41) is 11.2. The number of carbonyl (C=O) groups is 2. The molecule has 5 rings (SSSR count). The van der Waals surface area contributed by atoms with Crippen molar-refractivity contribution in [2.24, 2.45) is 0 Å². The summed E-state index contributed by atoms with van der Waals surface area (Å²) in [6.45, 7) is 0.899. The van der Waals surface area contributed by atoms with Crippen molar-refractivity contribution in [1.82, 2.24) is 4.90 Å². The van der Waals surface area contributed by atoms with Crippen molar-refractivity contribution >= 4 is 17.4 Å².